The van der Waals surface area contributed by atoms with Crippen molar-refractivity contribution in [1.29, 1.82) is 0 Å². The molecule has 1 heterocycles. The van der Waals surface area contributed by atoms with Crippen molar-refractivity contribution in [2.24, 2.45) is 0 Å². The van der Waals surface area contributed by atoms with Gasteiger partial charge in [0.2, 0.25) is 0 Å². The summed E-state index contributed by atoms with van der Waals surface area (Å²) in [7, 11) is 0. The molecule has 0 bridgehead atoms. The van der Waals surface area contributed by atoms with Gasteiger partial charge in [-0.05, 0) is 49.5 Å². The van der Waals surface area contributed by atoms with Crippen molar-refractivity contribution < 1.29 is 13.6 Å². The Bertz CT molecular complexity index is 1110. The number of hydrogen-bond donors (Lipinski definition) is 2. The van der Waals surface area contributed by atoms with E-state index in [0.29, 0.717) is 17.4 Å². The van der Waals surface area contributed by atoms with Gasteiger partial charge < -0.3 is 10.3 Å². The number of aromatic nitrogens is 2. The fourth-order valence-corrected chi connectivity index (χ4v) is 2.78. The lowest BCUT2D eigenvalue weighted by molar-refractivity contribution is 0.102. The highest BCUT2D eigenvalue weighted by Gasteiger charge is 2.11. The summed E-state index contributed by atoms with van der Waals surface area (Å²) in [5, 5.41) is 2.88. The number of fused-ring (bicyclic) bond motifs is 1. The average Bonchev–Trinajstić information content (AvgIpc) is 2.58. The van der Waals surface area contributed by atoms with E-state index in [1.807, 2.05) is 0 Å². The molecule has 1 amide bonds. The minimum atomic E-state index is -1.06. The molecule has 2 N–H and O–H groups in total. The maximum Gasteiger partial charge on any atom is 0.262 e. The van der Waals surface area contributed by atoms with Gasteiger partial charge in [0.1, 0.15) is 0 Å². The molecule has 0 saturated heterocycles. The van der Waals surface area contributed by atoms with Gasteiger partial charge in [0.05, 0.1) is 10.9 Å². The van der Waals surface area contributed by atoms with E-state index in [1.165, 1.54) is 28.8 Å². The first-order valence-corrected chi connectivity index (χ1v) is 7.85. The van der Waals surface area contributed by atoms with E-state index in [2.05, 4.69) is 10.3 Å². The number of H-pyrrole nitrogens is 1. The molecule has 3 aromatic rings. The van der Waals surface area contributed by atoms with E-state index < -0.39 is 17.5 Å². The van der Waals surface area contributed by atoms with Crippen LogP contribution in [-0.4, -0.2) is 15.5 Å². The quantitative estimate of drug-likeness (QED) is 0.701. The van der Waals surface area contributed by atoms with Gasteiger partial charge in [0.15, 0.2) is 16.4 Å². The van der Waals surface area contributed by atoms with Crippen LogP contribution < -0.4 is 10.9 Å². The summed E-state index contributed by atoms with van der Waals surface area (Å²) < 4.78 is 27.8. The minimum absolute atomic E-state index is 0.123. The number of anilines is 1. The molecule has 0 unspecified atom stereocenters. The van der Waals surface area contributed by atoms with E-state index in [1.54, 1.807) is 6.92 Å². The van der Waals surface area contributed by atoms with E-state index in [-0.39, 0.29) is 21.6 Å². The molecule has 0 aliphatic heterocycles. The van der Waals surface area contributed by atoms with Crippen LogP contribution in [0.4, 0.5) is 14.5 Å². The van der Waals surface area contributed by atoms with E-state index in [0.717, 1.165) is 12.1 Å². The van der Waals surface area contributed by atoms with Crippen LogP contribution in [0, 0.1) is 16.4 Å². The highest BCUT2D eigenvalue weighted by atomic mass is 32.1. The van der Waals surface area contributed by atoms with Crippen LogP contribution in [0.25, 0.3) is 10.9 Å². The van der Waals surface area contributed by atoms with Gasteiger partial charge >= 0.3 is 0 Å². The number of carbonyl (C=O) groups is 1. The predicted molar refractivity (Wildman–Crippen MR) is 93.4 cm³/mol. The molecular formula is C17H13F2N3O2S. The van der Waals surface area contributed by atoms with Crippen LogP contribution in [0.3, 0.4) is 0 Å². The molecule has 0 fully saturated rings. The lowest BCUT2D eigenvalue weighted by Crippen LogP contribution is -2.21. The molecule has 5 nitrogen and oxygen atoms in total. The molecule has 3 rings (SSSR count). The molecule has 0 radical (unpaired) electrons. The first kappa shape index (κ1) is 17.0. The summed E-state index contributed by atoms with van der Waals surface area (Å²) in [5.74, 6) is -2.57. The number of halogens is 2. The molecule has 128 valence electrons. The number of hydrogen-bond acceptors (Lipinski definition) is 3. The zero-order chi connectivity index (χ0) is 18.1. The lowest BCUT2D eigenvalue weighted by Gasteiger charge is -2.08. The van der Waals surface area contributed by atoms with Crippen molar-refractivity contribution in [3.05, 3.63) is 68.7 Å². The van der Waals surface area contributed by atoms with E-state index in [4.69, 9.17) is 12.2 Å². The van der Waals surface area contributed by atoms with Gasteiger partial charge in [-0.3, -0.25) is 14.2 Å². The average molecular weight is 361 g/mol. The molecular weight excluding hydrogens is 348 g/mol. The highest BCUT2D eigenvalue weighted by molar-refractivity contribution is 7.71. The molecule has 0 spiro atoms. The number of carbonyl (C=O) groups excluding carboxylic acids is 1. The van der Waals surface area contributed by atoms with Crippen LogP contribution in [-0.2, 0) is 6.54 Å². The van der Waals surface area contributed by atoms with Crippen molar-refractivity contribution in [3.63, 3.8) is 0 Å². The van der Waals surface area contributed by atoms with Crippen LogP contribution in [0.5, 0.6) is 0 Å². The van der Waals surface area contributed by atoms with Gasteiger partial charge in [-0.2, -0.15) is 0 Å². The van der Waals surface area contributed by atoms with Crippen molar-refractivity contribution in [2.45, 2.75) is 13.5 Å². The standard InChI is InChI=1S/C17H13F2N3O2S/c1-2-22-16(24)11-5-3-9(7-14(11)21-17(22)25)15(23)20-10-4-6-12(18)13(19)8-10/h3-8H,2H2,1H3,(H,20,23)(H,21,25). The van der Waals surface area contributed by atoms with Gasteiger partial charge in [0, 0.05) is 23.9 Å². The normalized spacial score (nSPS) is 10.8. The second kappa shape index (κ2) is 6.56. The highest BCUT2D eigenvalue weighted by Crippen LogP contribution is 2.16. The smallest absolute Gasteiger partial charge is 0.262 e. The molecule has 8 heteroatoms. The number of amides is 1. The van der Waals surface area contributed by atoms with Crippen molar-refractivity contribution >= 4 is 34.7 Å². The van der Waals surface area contributed by atoms with Gasteiger partial charge in [-0.1, -0.05) is 0 Å². The largest absolute Gasteiger partial charge is 0.332 e. The Morgan fingerprint density at radius 2 is 1.96 bits per heavy atom. The van der Waals surface area contributed by atoms with Gasteiger partial charge in [-0.15, -0.1) is 0 Å². The molecule has 2 aromatic carbocycles. The number of nitrogens with zero attached hydrogens (tertiary/aromatic N) is 1. The molecule has 0 aliphatic rings. The number of benzene rings is 2. The van der Waals surface area contributed by atoms with Crippen LogP contribution in [0.2, 0.25) is 0 Å². The Hall–Kier alpha value is -2.87. The zero-order valence-electron chi connectivity index (χ0n) is 13.1. The summed E-state index contributed by atoms with van der Waals surface area (Å²) in [4.78, 5) is 27.5. The predicted octanol–water partition coefficient (Wildman–Crippen LogP) is 3.61. The Balaban J connectivity index is 1.98. The van der Waals surface area contributed by atoms with Crippen LogP contribution in [0.1, 0.15) is 17.3 Å². The first-order chi connectivity index (χ1) is 11.9. The maximum atomic E-state index is 13.2. The van der Waals surface area contributed by atoms with Crippen molar-refractivity contribution in [1.82, 2.24) is 9.55 Å². The second-order valence-corrected chi connectivity index (χ2v) is 5.71. The number of rotatable bonds is 3. The third kappa shape index (κ3) is 3.20. The van der Waals surface area contributed by atoms with E-state index in [9.17, 15) is 18.4 Å². The Morgan fingerprint density at radius 3 is 2.64 bits per heavy atom. The lowest BCUT2D eigenvalue weighted by atomic mass is 10.1. The van der Waals surface area contributed by atoms with Gasteiger partial charge in [0.25, 0.3) is 11.5 Å². The molecule has 0 aliphatic carbocycles. The van der Waals surface area contributed by atoms with Crippen molar-refractivity contribution in [3.8, 4) is 0 Å². The first-order valence-electron chi connectivity index (χ1n) is 7.44. The fourth-order valence-electron chi connectivity index (χ4n) is 2.46. The topological polar surface area (TPSA) is 66.9 Å². The fraction of sp³-hybridized carbons (Fsp3) is 0.118. The van der Waals surface area contributed by atoms with Gasteiger partial charge in [-0.25, -0.2) is 8.78 Å². The number of aromatic amines is 1. The Labute approximate surface area is 145 Å². The molecule has 1 aromatic heterocycles. The van der Waals surface area contributed by atoms with Crippen molar-refractivity contribution in [2.75, 3.05) is 5.32 Å². The third-order valence-corrected chi connectivity index (χ3v) is 4.06. The monoisotopic (exact) mass is 361 g/mol. The van der Waals surface area contributed by atoms with E-state index >= 15 is 0 Å². The zero-order valence-corrected chi connectivity index (χ0v) is 13.9. The molecule has 25 heavy (non-hydrogen) atoms. The summed E-state index contributed by atoms with van der Waals surface area (Å²) >= 11 is 5.14. The second-order valence-electron chi connectivity index (χ2n) is 5.32. The summed E-state index contributed by atoms with van der Waals surface area (Å²) in [6.45, 7) is 2.24. The SMILES string of the molecule is CCn1c(=S)[nH]c2cc(C(=O)Nc3ccc(F)c(F)c3)ccc2c1=O. The summed E-state index contributed by atoms with van der Waals surface area (Å²) in [6, 6.07) is 7.56. The summed E-state index contributed by atoms with van der Waals surface area (Å²) in [5.41, 5.74) is 0.557. The molecule has 0 saturated carbocycles. The Morgan fingerprint density at radius 1 is 1.20 bits per heavy atom. The minimum Gasteiger partial charge on any atom is -0.332 e. The third-order valence-electron chi connectivity index (χ3n) is 3.74. The Kier molecular flexibility index (Phi) is 4.45. The van der Waals surface area contributed by atoms with Crippen LogP contribution in [0.15, 0.2) is 41.2 Å². The number of nitrogens with one attached hydrogen (secondary N) is 2. The summed E-state index contributed by atoms with van der Waals surface area (Å²) in [6.07, 6.45) is 0. The maximum absolute atomic E-state index is 13.2. The van der Waals surface area contributed by atoms with Crippen LogP contribution >= 0.6 is 12.2 Å². The molecule has 0 atom stereocenters.